The Hall–Kier alpha value is -0.970. The van der Waals surface area contributed by atoms with Crippen molar-refractivity contribution in [2.45, 2.75) is 65.6 Å². The number of rotatable bonds is 4. The van der Waals surface area contributed by atoms with Gasteiger partial charge in [-0.15, -0.1) is 5.10 Å². The van der Waals surface area contributed by atoms with Crippen LogP contribution in [0.25, 0.3) is 0 Å². The van der Waals surface area contributed by atoms with Gasteiger partial charge in [-0.2, -0.15) is 0 Å². The van der Waals surface area contributed by atoms with E-state index in [9.17, 15) is 0 Å². The molecule has 3 atom stereocenters. The molecule has 2 rings (SSSR count). The molecule has 1 aromatic heterocycles. The zero-order valence-corrected chi connectivity index (χ0v) is 11.9. The first-order valence-corrected chi connectivity index (χ1v) is 7.08. The molecule has 1 aromatic rings. The van der Waals surface area contributed by atoms with E-state index in [2.05, 4.69) is 48.5 Å². The first kappa shape index (κ1) is 13.5. The molecule has 0 aliphatic heterocycles. The number of hydrogen-bond donors (Lipinski definition) is 1. The second-order valence-electron chi connectivity index (χ2n) is 6.00. The highest BCUT2D eigenvalue weighted by molar-refractivity contribution is 4.87. The van der Waals surface area contributed by atoms with E-state index in [4.69, 9.17) is 0 Å². The maximum absolute atomic E-state index is 4.19. The van der Waals surface area contributed by atoms with E-state index in [1.54, 1.807) is 0 Å². The Morgan fingerprint density at radius 2 is 2.06 bits per heavy atom. The van der Waals surface area contributed by atoms with Crippen LogP contribution in [-0.2, 0) is 6.54 Å². The summed E-state index contributed by atoms with van der Waals surface area (Å²) in [6.07, 6.45) is 3.68. The fraction of sp³-hybridized carbons (Fsp3) is 0.923. The monoisotopic (exact) mass is 251 g/mol. The molecule has 0 radical (unpaired) electrons. The van der Waals surface area contributed by atoms with Gasteiger partial charge in [0.1, 0.15) is 0 Å². The first-order valence-electron chi connectivity index (χ1n) is 7.08. The van der Waals surface area contributed by atoms with Crippen molar-refractivity contribution in [3.8, 4) is 0 Å². The topological polar surface area (TPSA) is 55.6 Å². The van der Waals surface area contributed by atoms with Gasteiger partial charge in [-0.25, -0.2) is 4.68 Å². The maximum Gasteiger partial charge on any atom is 0.165 e. The summed E-state index contributed by atoms with van der Waals surface area (Å²) in [5.41, 5.74) is 0. The lowest BCUT2D eigenvalue weighted by molar-refractivity contribution is 0.195. The number of nitrogens with one attached hydrogen (secondary N) is 1. The third-order valence-corrected chi connectivity index (χ3v) is 4.15. The van der Waals surface area contributed by atoms with E-state index in [0.717, 1.165) is 24.2 Å². The molecule has 18 heavy (non-hydrogen) atoms. The highest BCUT2D eigenvalue weighted by atomic mass is 15.6. The Bertz CT molecular complexity index is 373. The van der Waals surface area contributed by atoms with E-state index in [1.165, 1.54) is 19.3 Å². The molecule has 0 saturated heterocycles. The van der Waals surface area contributed by atoms with Crippen LogP contribution in [-0.4, -0.2) is 26.2 Å². The fourth-order valence-electron chi connectivity index (χ4n) is 2.65. The molecule has 3 unspecified atom stereocenters. The van der Waals surface area contributed by atoms with Gasteiger partial charge in [-0.1, -0.05) is 27.7 Å². The van der Waals surface area contributed by atoms with Gasteiger partial charge in [-0.3, -0.25) is 0 Å². The molecule has 0 aromatic carbocycles. The lowest BCUT2D eigenvalue weighted by atomic mass is 9.79. The SMILES string of the molecule is CC(C)NCc1nnnn1C1CCC(C)C(C)C1. The van der Waals surface area contributed by atoms with E-state index in [-0.39, 0.29) is 0 Å². The third kappa shape index (κ3) is 3.07. The van der Waals surface area contributed by atoms with Crippen molar-refractivity contribution in [2.75, 3.05) is 0 Å². The molecule has 1 aliphatic rings. The Morgan fingerprint density at radius 1 is 1.28 bits per heavy atom. The lowest BCUT2D eigenvalue weighted by Crippen LogP contribution is -2.28. The Balaban J connectivity index is 2.02. The zero-order chi connectivity index (χ0) is 13.1. The molecule has 1 aliphatic carbocycles. The van der Waals surface area contributed by atoms with Crippen molar-refractivity contribution in [3.63, 3.8) is 0 Å². The van der Waals surface area contributed by atoms with Crippen LogP contribution in [0.1, 0.15) is 58.8 Å². The van der Waals surface area contributed by atoms with Crippen LogP contribution in [0.15, 0.2) is 0 Å². The van der Waals surface area contributed by atoms with Gasteiger partial charge in [0.25, 0.3) is 0 Å². The van der Waals surface area contributed by atoms with Crippen LogP contribution in [0, 0.1) is 11.8 Å². The molecule has 1 heterocycles. The standard InChI is InChI=1S/C13H25N5/c1-9(2)14-8-13-15-16-17-18(13)12-6-5-10(3)11(4)7-12/h9-12,14H,5-8H2,1-4H3. The smallest absolute Gasteiger partial charge is 0.165 e. The maximum atomic E-state index is 4.19. The average Bonchev–Trinajstić information content (AvgIpc) is 2.78. The van der Waals surface area contributed by atoms with Gasteiger partial charge in [0, 0.05) is 6.04 Å². The Morgan fingerprint density at radius 3 is 2.72 bits per heavy atom. The van der Waals surface area contributed by atoms with Crippen LogP contribution >= 0.6 is 0 Å². The van der Waals surface area contributed by atoms with Crippen molar-refractivity contribution < 1.29 is 0 Å². The minimum absolute atomic E-state index is 0.459. The van der Waals surface area contributed by atoms with Crippen LogP contribution in [0.3, 0.4) is 0 Å². The molecular weight excluding hydrogens is 226 g/mol. The second kappa shape index (κ2) is 5.78. The quantitative estimate of drug-likeness (QED) is 0.891. The minimum atomic E-state index is 0.459. The molecule has 102 valence electrons. The van der Waals surface area contributed by atoms with Crippen molar-refractivity contribution in [3.05, 3.63) is 5.82 Å². The van der Waals surface area contributed by atoms with Gasteiger partial charge in [-0.05, 0) is 41.5 Å². The van der Waals surface area contributed by atoms with E-state index < -0.39 is 0 Å². The predicted molar refractivity (Wildman–Crippen MR) is 71.0 cm³/mol. The molecule has 1 fully saturated rings. The molecule has 0 spiro atoms. The fourth-order valence-corrected chi connectivity index (χ4v) is 2.65. The van der Waals surface area contributed by atoms with Crippen LogP contribution in [0.5, 0.6) is 0 Å². The normalized spacial score (nSPS) is 28.8. The minimum Gasteiger partial charge on any atom is -0.308 e. The average molecular weight is 251 g/mol. The predicted octanol–water partition coefficient (Wildman–Crippen LogP) is 2.17. The largest absolute Gasteiger partial charge is 0.308 e. The summed E-state index contributed by atoms with van der Waals surface area (Å²) in [6.45, 7) is 9.72. The van der Waals surface area contributed by atoms with Crippen molar-refractivity contribution in [2.24, 2.45) is 11.8 Å². The van der Waals surface area contributed by atoms with Crippen LogP contribution in [0.4, 0.5) is 0 Å². The highest BCUT2D eigenvalue weighted by Crippen LogP contribution is 2.35. The lowest BCUT2D eigenvalue weighted by Gasteiger charge is -2.32. The van der Waals surface area contributed by atoms with Gasteiger partial charge in [0.05, 0.1) is 12.6 Å². The summed E-state index contributed by atoms with van der Waals surface area (Å²) in [5, 5.41) is 15.6. The van der Waals surface area contributed by atoms with Crippen LogP contribution in [0.2, 0.25) is 0 Å². The van der Waals surface area contributed by atoms with Gasteiger partial charge >= 0.3 is 0 Å². The molecule has 0 amide bonds. The summed E-state index contributed by atoms with van der Waals surface area (Å²) in [4.78, 5) is 0. The summed E-state index contributed by atoms with van der Waals surface area (Å²) < 4.78 is 2.04. The molecule has 1 N–H and O–H groups in total. The van der Waals surface area contributed by atoms with Crippen molar-refractivity contribution in [1.82, 2.24) is 25.5 Å². The first-order chi connectivity index (χ1) is 8.58. The van der Waals surface area contributed by atoms with E-state index in [1.807, 2.05) is 4.68 Å². The van der Waals surface area contributed by atoms with E-state index >= 15 is 0 Å². The number of hydrogen-bond acceptors (Lipinski definition) is 4. The van der Waals surface area contributed by atoms with Crippen molar-refractivity contribution >= 4 is 0 Å². The highest BCUT2D eigenvalue weighted by Gasteiger charge is 2.27. The Kier molecular flexibility index (Phi) is 4.32. The second-order valence-corrected chi connectivity index (χ2v) is 6.00. The molecule has 0 bridgehead atoms. The van der Waals surface area contributed by atoms with Crippen LogP contribution < -0.4 is 5.32 Å². The summed E-state index contributed by atoms with van der Waals surface area (Å²) >= 11 is 0. The van der Waals surface area contributed by atoms with Gasteiger partial charge in [0.15, 0.2) is 5.82 Å². The van der Waals surface area contributed by atoms with Crippen molar-refractivity contribution in [1.29, 1.82) is 0 Å². The third-order valence-electron chi connectivity index (χ3n) is 4.15. The molecule has 1 saturated carbocycles. The molecule has 5 heteroatoms. The molecule has 5 nitrogen and oxygen atoms in total. The van der Waals surface area contributed by atoms with Gasteiger partial charge < -0.3 is 5.32 Å². The van der Waals surface area contributed by atoms with E-state index in [0.29, 0.717) is 12.1 Å². The number of aromatic nitrogens is 4. The zero-order valence-electron chi connectivity index (χ0n) is 11.9. The number of nitrogens with zero attached hydrogens (tertiary/aromatic N) is 4. The number of tetrazole rings is 1. The summed E-state index contributed by atoms with van der Waals surface area (Å²) in [5.74, 6) is 2.56. The summed E-state index contributed by atoms with van der Waals surface area (Å²) in [6, 6.07) is 0.940. The van der Waals surface area contributed by atoms with Gasteiger partial charge in [0.2, 0.25) is 0 Å². The Labute approximate surface area is 109 Å². The summed E-state index contributed by atoms with van der Waals surface area (Å²) in [7, 11) is 0. The molecular formula is C13H25N5.